The highest BCUT2D eigenvalue weighted by Crippen LogP contribution is 2.19. The van der Waals surface area contributed by atoms with E-state index < -0.39 is 0 Å². The van der Waals surface area contributed by atoms with Crippen molar-refractivity contribution in [1.82, 2.24) is 19.6 Å². The molecule has 0 spiro atoms. The van der Waals surface area contributed by atoms with Crippen molar-refractivity contribution in [2.24, 2.45) is 0 Å². The van der Waals surface area contributed by atoms with E-state index in [9.17, 15) is 0 Å². The van der Waals surface area contributed by atoms with Gasteiger partial charge in [-0.1, -0.05) is 0 Å². The molecule has 1 N–H and O–H groups in total. The van der Waals surface area contributed by atoms with Crippen molar-refractivity contribution >= 4 is 22.8 Å². The van der Waals surface area contributed by atoms with Gasteiger partial charge in [0.15, 0.2) is 5.65 Å². The van der Waals surface area contributed by atoms with Gasteiger partial charge in [-0.05, 0) is 27.7 Å². The summed E-state index contributed by atoms with van der Waals surface area (Å²) in [5.41, 5.74) is 7.13. The summed E-state index contributed by atoms with van der Waals surface area (Å²) >= 11 is 1.71. The Bertz CT molecular complexity index is 787. The molecule has 0 aromatic carbocycles. The van der Waals surface area contributed by atoms with E-state index in [4.69, 9.17) is 0 Å². The molecule has 3 aromatic rings. The molecule has 110 valence electrons. The molecule has 3 rings (SSSR count). The third-order valence-corrected chi connectivity index (χ3v) is 4.68. The van der Waals surface area contributed by atoms with Gasteiger partial charge >= 0.3 is 0 Å². The third-order valence-electron chi connectivity index (χ3n) is 3.69. The average molecular weight is 301 g/mol. The fraction of sp³-hybridized carbons (Fsp3) is 0.400. The highest BCUT2D eigenvalue weighted by Gasteiger charge is 2.11. The van der Waals surface area contributed by atoms with Gasteiger partial charge in [0.25, 0.3) is 0 Å². The van der Waals surface area contributed by atoms with Crippen LogP contribution in [0, 0.1) is 27.7 Å². The van der Waals surface area contributed by atoms with E-state index in [1.165, 1.54) is 4.88 Å². The van der Waals surface area contributed by atoms with E-state index in [2.05, 4.69) is 34.2 Å². The zero-order valence-electron chi connectivity index (χ0n) is 12.8. The van der Waals surface area contributed by atoms with Crippen molar-refractivity contribution in [3.05, 3.63) is 39.1 Å². The molecule has 0 aliphatic heterocycles. The van der Waals surface area contributed by atoms with Gasteiger partial charge in [-0.15, -0.1) is 11.3 Å². The SMILES string of the molecule is Cc1cc(NCCc2scnc2C)n2nc(C)c(C)c2n1. The topological polar surface area (TPSA) is 55.1 Å². The molecule has 0 saturated carbocycles. The maximum Gasteiger partial charge on any atom is 0.160 e. The van der Waals surface area contributed by atoms with Crippen molar-refractivity contribution in [2.45, 2.75) is 34.1 Å². The zero-order chi connectivity index (χ0) is 15.0. The van der Waals surface area contributed by atoms with Crippen molar-refractivity contribution in [1.29, 1.82) is 0 Å². The molecule has 0 radical (unpaired) electrons. The van der Waals surface area contributed by atoms with Crippen LogP contribution in [0.2, 0.25) is 0 Å². The van der Waals surface area contributed by atoms with E-state index in [0.29, 0.717) is 0 Å². The fourth-order valence-electron chi connectivity index (χ4n) is 2.35. The molecule has 0 bridgehead atoms. The number of rotatable bonds is 4. The van der Waals surface area contributed by atoms with Gasteiger partial charge in [-0.25, -0.2) is 9.97 Å². The highest BCUT2D eigenvalue weighted by molar-refractivity contribution is 7.09. The molecule has 0 saturated heterocycles. The predicted molar refractivity (Wildman–Crippen MR) is 86.2 cm³/mol. The van der Waals surface area contributed by atoms with Crippen LogP contribution in [0.15, 0.2) is 11.6 Å². The van der Waals surface area contributed by atoms with Crippen molar-refractivity contribution in [3.63, 3.8) is 0 Å². The van der Waals surface area contributed by atoms with Gasteiger partial charge in [0.2, 0.25) is 0 Å². The smallest absolute Gasteiger partial charge is 0.160 e. The second-order valence-corrected chi connectivity index (χ2v) is 6.21. The number of hydrogen-bond acceptors (Lipinski definition) is 5. The largest absolute Gasteiger partial charge is 0.370 e. The number of aryl methyl sites for hydroxylation is 4. The summed E-state index contributed by atoms with van der Waals surface area (Å²) < 4.78 is 1.90. The summed E-state index contributed by atoms with van der Waals surface area (Å²) in [6.07, 6.45) is 0.971. The Labute approximate surface area is 128 Å². The Hall–Kier alpha value is -1.95. The molecule has 0 aliphatic rings. The highest BCUT2D eigenvalue weighted by atomic mass is 32.1. The molecule has 5 nitrogen and oxygen atoms in total. The number of hydrogen-bond donors (Lipinski definition) is 1. The zero-order valence-corrected chi connectivity index (χ0v) is 13.6. The lowest BCUT2D eigenvalue weighted by Gasteiger charge is -2.09. The minimum absolute atomic E-state index is 0.861. The lowest BCUT2D eigenvalue weighted by atomic mass is 10.3. The molecule has 3 aromatic heterocycles. The first-order valence-electron chi connectivity index (χ1n) is 7.02. The van der Waals surface area contributed by atoms with Gasteiger partial charge in [-0.2, -0.15) is 9.61 Å². The molecule has 6 heteroatoms. The molecule has 0 atom stereocenters. The average Bonchev–Trinajstić information content (AvgIpc) is 2.97. The van der Waals surface area contributed by atoms with Crippen LogP contribution in [0.25, 0.3) is 5.65 Å². The van der Waals surface area contributed by atoms with Gasteiger partial charge in [0, 0.05) is 35.2 Å². The van der Waals surface area contributed by atoms with Crippen LogP contribution in [0.3, 0.4) is 0 Å². The van der Waals surface area contributed by atoms with E-state index >= 15 is 0 Å². The minimum Gasteiger partial charge on any atom is -0.370 e. The Morgan fingerprint density at radius 3 is 2.71 bits per heavy atom. The van der Waals surface area contributed by atoms with Crippen LogP contribution in [0.1, 0.15) is 27.5 Å². The van der Waals surface area contributed by atoms with Gasteiger partial charge in [0.1, 0.15) is 5.82 Å². The van der Waals surface area contributed by atoms with Crippen LogP contribution in [-0.2, 0) is 6.42 Å². The summed E-state index contributed by atoms with van der Waals surface area (Å²) in [6, 6.07) is 2.04. The first-order chi connectivity index (χ1) is 10.1. The van der Waals surface area contributed by atoms with E-state index in [1.54, 1.807) is 11.3 Å². The summed E-state index contributed by atoms with van der Waals surface area (Å²) in [5.74, 6) is 0.996. The molecule has 0 aliphatic carbocycles. The lowest BCUT2D eigenvalue weighted by molar-refractivity contribution is 0.893. The van der Waals surface area contributed by atoms with Crippen LogP contribution < -0.4 is 5.32 Å². The minimum atomic E-state index is 0.861. The summed E-state index contributed by atoms with van der Waals surface area (Å²) in [5, 5.41) is 8.04. The molecule has 0 amide bonds. The maximum absolute atomic E-state index is 4.58. The van der Waals surface area contributed by atoms with Crippen LogP contribution in [-0.4, -0.2) is 26.1 Å². The Morgan fingerprint density at radius 2 is 2.00 bits per heavy atom. The summed E-state index contributed by atoms with van der Waals surface area (Å²) in [4.78, 5) is 10.2. The lowest BCUT2D eigenvalue weighted by Crippen LogP contribution is -2.10. The van der Waals surface area contributed by atoms with Gasteiger partial charge < -0.3 is 5.32 Å². The molecular weight excluding hydrogens is 282 g/mol. The normalized spacial score (nSPS) is 11.2. The van der Waals surface area contributed by atoms with Crippen molar-refractivity contribution in [3.8, 4) is 0 Å². The van der Waals surface area contributed by atoms with E-state index in [-0.39, 0.29) is 0 Å². The number of anilines is 1. The van der Waals surface area contributed by atoms with Crippen molar-refractivity contribution < 1.29 is 0 Å². The quantitative estimate of drug-likeness (QED) is 0.804. The Balaban J connectivity index is 1.83. The number of thiazole rings is 1. The van der Waals surface area contributed by atoms with E-state index in [1.807, 2.05) is 29.9 Å². The summed E-state index contributed by atoms with van der Waals surface area (Å²) in [6.45, 7) is 9.01. The van der Waals surface area contributed by atoms with Crippen LogP contribution >= 0.6 is 11.3 Å². The molecular formula is C15H19N5S. The second-order valence-electron chi connectivity index (χ2n) is 5.27. The standard InChI is InChI=1S/C15H19N5S/c1-9-7-14(16-6-5-13-12(4)17-8-21-13)20-15(18-9)10(2)11(3)19-20/h7-8,16H,5-6H2,1-4H3. The number of nitrogens with zero attached hydrogens (tertiary/aromatic N) is 4. The Kier molecular flexibility index (Phi) is 3.63. The summed E-state index contributed by atoms with van der Waals surface area (Å²) in [7, 11) is 0. The monoisotopic (exact) mass is 301 g/mol. The van der Waals surface area contributed by atoms with Gasteiger partial charge in [0.05, 0.1) is 16.9 Å². The van der Waals surface area contributed by atoms with Crippen LogP contribution in [0.4, 0.5) is 5.82 Å². The Morgan fingerprint density at radius 1 is 1.19 bits per heavy atom. The molecule has 21 heavy (non-hydrogen) atoms. The van der Waals surface area contributed by atoms with E-state index in [0.717, 1.165) is 47.1 Å². The number of fused-ring (bicyclic) bond motifs is 1. The fourth-order valence-corrected chi connectivity index (χ4v) is 3.13. The molecule has 3 heterocycles. The number of nitrogens with one attached hydrogen (secondary N) is 1. The second kappa shape index (κ2) is 5.44. The number of aromatic nitrogens is 4. The third kappa shape index (κ3) is 2.63. The molecule has 0 unspecified atom stereocenters. The molecule has 0 fully saturated rings. The van der Waals surface area contributed by atoms with Crippen molar-refractivity contribution in [2.75, 3.05) is 11.9 Å². The first-order valence-corrected chi connectivity index (χ1v) is 7.90. The predicted octanol–water partition coefficient (Wildman–Crippen LogP) is 3.07. The van der Waals surface area contributed by atoms with Crippen LogP contribution in [0.5, 0.6) is 0 Å². The maximum atomic E-state index is 4.58. The van der Waals surface area contributed by atoms with Gasteiger partial charge in [-0.3, -0.25) is 0 Å². The first kappa shape index (κ1) is 14.0.